The summed E-state index contributed by atoms with van der Waals surface area (Å²) >= 11 is 6.02. The molecule has 3 rings (SSSR count). The third-order valence-corrected chi connectivity index (χ3v) is 6.55. The van der Waals surface area contributed by atoms with E-state index in [1.54, 1.807) is 24.0 Å². The van der Waals surface area contributed by atoms with E-state index in [1.165, 1.54) is 12.0 Å². The fourth-order valence-electron chi connectivity index (χ4n) is 4.11. The van der Waals surface area contributed by atoms with Crippen LogP contribution in [0.4, 0.5) is 0 Å². The molecule has 0 heterocycles. The molecule has 0 aromatic heterocycles. The number of carbonyl (C=O) groups excluding carboxylic acids is 2. The number of benzene rings is 2. The molecule has 2 amide bonds. The summed E-state index contributed by atoms with van der Waals surface area (Å²) in [6.07, 6.45) is 5.49. The van der Waals surface area contributed by atoms with Crippen molar-refractivity contribution in [1.82, 2.24) is 10.2 Å². The first-order valence-corrected chi connectivity index (χ1v) is 12.3. The van der Waals surface area contributed by atoms with Crippen LogP contribution in [0.2, 0.25) is 5.02 Å². The first kappa shape index (κ1) is 25.1. The van der Waals surface area contributed by atoms with Gasteiger partial charge in [0.15, 0.2) is 6.61 Å². The highest BCUT2D eigenvalue weighted by Gasteiger charge is 2.28. The van der Waals surface area contributed by atoms with Crippen LogP contribution in [0, 0.1) is 0 Å². The molecule has 2 aromatic carbocycles. The lowest BCUT2D eigenvalue weighted by molar-refractivity contribution is -0.142. The molecule has 0 radical (unpaired) electrons. The van der Waals surface area contributed by atoms with Crippen LogP contribution in [0.3, 0.4) is 0 Å². The van der Waals surface area contributed by atoms with Crippen LogP contribution >= 0.6 is 11.6 Å². The topological polar surface area (TPSA) is 58.6 Å². The molecular weight excluding hydrogens is 436 g/mol. The highest BCUT2D eigenvalue weighted by Crippen LogP contribution is 2.20. The van der Waals surface area contributed by atoms with Crippen LogP contribution in [0.15, 0.2) is 48.5 Å². The quantitative estimate of drug-likeness (QED) is 0.510. The monoisotopic (exact) mass is 470 g/mol. The molecule has 0 bridgehead atoms. The van der Waals surface area contributed by atoms with Crippen molar-refractivity contribution in [1.29, 1.82) is 0 Å². The van der Waals surface area contributed by atoms with Gasteiger partial charge in [-0.3, -0.25) is 9.59 Å². The molecular formula is C27H35ClN2O3. The van der Waals surface area contributed by atoms with Crippen molar-refractivity contribution >= 4 is 23.4 Å². The average Bonchev–Trinajstić information content (AvgIpc) is 2.82. The molecule has 1 atom stereocenters. The summed E-state index contributed by atoms with van der Waals surface area (Å²) in [5.41, 5.74) is 2.12. The molecule has 0 spiro atoms. The number of nitrogens with zero attached hydrogens (tertiary/aromatic N) is 1. The molecule has 33 heavy (non-hydrogen) atoms. The highest BCUT2D eigenvalue weighted by atomic mass is 35.5. The fourth-order valence-corrected chi connectivity index (χ4v) is 4.24. The zero-order chi connectivity index (χ0) is 23.8. The smallest absolute Gasteiger partial charge is 0.261 e. The molecule has 1 saturated carbocycles. The predicted octanol–water partition coefficient (Wildman–Crippen LogP) is 5.71. The molecule has 0 saturated heterocycles. The van der Waals surface area contributed by atoms with E-state index in [1.807, 2.05) is 36.4 Å². The van der Waals surface area contributed by atoms with Crippen LogP contribution < -0.4 is 10.1 Å². The Bertz CT molecular complexity index is 906. The Balaban J connectivity index is 1.68. The van der Waals surface area contributed by atoms with Gasteiger partial charge >= 0.3 is 0 Å². The van der Waals surface area contributed by atoms with Crippen LogP contribution in [0.5, 0.6) is 5.75 Å². The largest absolute Gasteiger partial charge is 0.484 e. The van der Waals surface area contributed by atoms with Gasteiger partial charge in [-0.25, -0.2) is 0 Å². The van der Waals surface area contributed by atoms with Crippen molar-refractivity contribution in [3.05, 3.63) is 64.7 Å². The molecule has 0 unspecified atom stereocenters. The van der Waals surface area contributed by atoms with Gasteiger partial charge in [0.1, 0.15) is 11.8 Å². The molecule has 6 heteroatoms. The van der Waals surface area contributed by atoms with Crippen molar-refractivity contribution in [2.45, 2.75) is 77.4 Å². The van der Waals surface area contributed by atoms with E-state index in [0.717, 1.165) is 31.2 Å². The van der Waals surface area contributed by atoms with Crippen molar-refractivity contribution in [3.63, 3.8) is 0 Å². The molecule has 2 aromatic rings. The lowest BCUT2D eigenvalue weighted by atomic mass is 9.95. The highest BCUT2D eigenvalue weighted by molar-refractivity contribution is 6.30. The first-order valence-electron chi connectivity index (χ1n) is 11.9. The summed E-state index contributed by atoms with van der Waals surface area (Å²) in [5, 5.41) is 3.78. The van der Waals surface area contributed by atoms with Crippen molar-refractivity contribution in [2.24, 2.45) is 0 Å². The van der Waals surface area contributed by atoms with Crippen molar-refractivity contribution < 1.29 is 14.3 Å². The second-order valence-corrected chi connectivity index (χ2v) is 9.62. The SMILES string of the molecule is CC(C)c1ccc(OCC(=O)N(Cc2ccc(Cl)cc2)[C@H](C)C(=O)NC2CCCCC2)cc1. The number of rotatable bonds is 9. The lowest BCUT2D eigenvalue weighted by Crippen LogP contribution is -2.51. The van der Waals surface area contributed by atoms with Gasteiger partial charge in [0.25, 0.3) is 5.91 Å². The molecule has 1 N–H and O–H groups in total. The maximum Gasteiger partial charge on any atom is 0.261 e. The van der Waals surface area contributed by atoms with Gasteiger partial charge in [-0.05, 0) is 61.1 Å². The van der Waals surface area contributed by atoms with E-state index in [9.17, 15) is 9.59 Å². The Morgan fingerprint density at radius 3 is 2.24 bits per heavy atom. The summed E-state index contributed by atoms with van der Waals surface area (Å²) < 4.78 is 5.78. The Labute approximate surface area is 202 Å². The lowest BCUT2D eigenvalue weighted by Gasteiger charge is -2.31. The number of halogens is 1. The minimum Gasteiger partial charge on any atom is -0.484 e. The first-order chi connectivity index (χ1) is 15.8. The second kappa shape index (κ2) is 12.1. The van der Waals surface area contributed by atoms with Crippen LogP contribution in [0.25, 0.3) is 0 Å². The number of amides is 2. The summed E-state index contributed by atoms with van der Waals surface area (Å²) in [6, 6.07) is 14.7. The Morgan fingerprint density at radius 1 is 1.00 bits per heavy atom. The summed E-state index contributed by atoms with van der Waals surface area (Å²) in [7, 11) is 0. The van der Waals surface area contributed by atoms with Gasteiger partial charge in [-0.2, -0.15) is 0 Å². The molecule has 0 aliphatic heterocycles. The third-order valence-electron chi connectivity index (χ3n) is 6.29. The van der Waals surface area contributed by atoms with Crippen LogP contribution in [-0.4, -0.2) is 35.4 Å². The Morgan fingerprint density at radius 2 is 1.64 bits per heavy atom. The van der Waals surface area contributed by atoms with E-state index >= 15 is 0 Å². The number of ether oxygens (including phenoxy) is 1. The van der Waals surface area contributed by atoms with Crippen LogP contribution in [-0.2, 0) is 16.1 Å². The zero-order valence-corrected chi connectivity index (χ0v) is 20.6. The van der Waals surface area contributed by atoms with E-state index in [0.29, 0.717) is 23.2 Å². The fraction of sp³-hybridized carbons (Fsp3) is 0.481. The number of carbonyl (C=O) groups is 2. The molecule has 1 fully saturated rings. The van der Waals surface area contributed by atoms with Gasteiger partial charge in [0.05, 0.1) is 0 Å². The number of hydrogen-bond donors (Lipinski definition) is 1. The minimum atomic E-state index is -0.609. The van der Waals surface area contributed by atoms with Gasteiger partial charge < -0.3 is 15.0 Å². The summed E-state index contributed by atoms with van der Waals surface area (Å²) in [5.74, 6) is 0.715. The maximum absolute atomic E-state index is 13.2. The predicted molar refractivity (Wildman–Crippen MR) is 133 cm³/mol. The number of nitrogens with one attached hydrogen (secondary N) is 1. The summed E-state index contributed by atoms with van der Waals surface area (Å²) in [6.45, 7) is 6.23. The van der Waals surface area contributed by atoms with E-state index in [-0.39, 0.29) is 24.5 Å². The molecule has 5 nitrogen and oxygen atoms in total. The van der Waals surface area contributed by atoms with Gasteiger partial charge in [0.2, 0.25) is 5.91 Å². The van der Waals surface area contributed by atoms with Crippen molar-refractivity contribution in [2.75, 3.05) is 6.61 Å². The second-order valence-electron chi connectivity index (χ2n) is 9.18. The molecule has 1 aliphatic rings. The standard InChI is InChI=1S/C27H35ClN2O3/c1-19(2)22-11-15-25(16-12-22)33-18-26(31)30(17-21-9-13-23(28)14-10-21)20(3)27(32)29-24-7-5-4-6-8-24/h9-16,19-20,24H,4-8,17-18H2,1-3H3,(H,29,32)/t20-/m1/s1. The van der Waals surface area contributed by atoms with Crippen molar-refractivity contribution in [3.8, 4) is 5.75 Å². The van der Waals surface area contributed by atoms with Gasteiger partial charge in [0, 0.05) is 17.6 Å². The van der Waals surface area contributed by atoms with Crippen LogP contribution in [0.1, 0.15) is 69.9 Å². The Kier molecular flexibility index (Phi) is 9.19. The summed E-state index contributed by atoms with van der Waals surface area (Å²) in [4.78, 5) is 27.8. The normalized spacial score (nSPS) is 15.2. The molecule has 1 aliphatic carbocycles. The maximum atomic E-state index is 13.2. The third kappa shape index (κ3) is 7.50. The van der Waals surface area contributed by atoms with E-state index in [2.05, 4.69) is 19.2 Å². The average molecular weight is 471 g/mol. The van der Waals surface area contributed by atoms with E-state index < -0.39 is 6.04 Å². The molecule has 178 valence electrons. The van der Waals surface area contributed by atoms with Gasteiger partial charge in [-0.15, -0.1) is 0 Å². The van der Waals surface area contributed by atoms with Gasteiger partial charge in [-0.1, -0.05) is 69.0 Å². The zero-order valence-electron chi connectivity index (χ0n) is 19.9. The minimum absolute atomic E-state index is 0.120. The van der Waals surface area contributed by atoms with E-state index in [4.69, 9.17) is 16.3 Å². The number of hydrogen-bond acceptors (Lipinski definition) is 3. The Hall–Kier alpha value is -2.53.